The molecule has 3 heteroatoms. The molecular weight excluding hydrogens is 273 g/mol. The van der Waals surface area contributed by atoms with Crippen LogP contribution in [-0.4, -0.2) is 4.98 Å². The van der Waals surface area contributed by atoms with Gasteiger partial charge in [-0.1, -0.05) is 39.7 Å². The van der Waals surface area contributed by atoms with E-state index in [4.69, 9.17) is 11.6 Å². The molecular formula is C12H9BrClN. The van der Waals surface area contributed by atoms with Gasteiger partial charge < -0.3 is 0 Å². The highest BCUT2D eigenvalue weighted by Gasteiger charge is 2.00. The van der Waals surface area contributed by atoms with E-state index in [1.165, 1.54) is 5.56 Å². The number of halogens is 2. The zero-order valence-corrected chi connectivity index (χ0v) is 10.5. The Bertz CT molecular complexity index is 479. The molecule has 1 aromatic carbocycles. The van der Waals surface area contributed by atoms with Crippen LogP contribution in [0.4, 0.5) is 0 Å². The summed E-state index contributed by atoms with van der Waals surface area (Å²) in [5.74, 6) is 0. The fourth-order valence-electron chi connectivity index (χ4n) is 1.37. The molecule has 0 N–H and O–H groups in total. The normalized spacial score (nSPS) is 10.3. The van der Waals surface area contributed by atoms with Crippen molar-refractivity contribution in [3.05, 3.63) is 51.7 Å². The molecule has 0 bridgehead atoms. The van der Waals surface area contributed by atoms with Crippen molar-refractivity contribution >= 4 is 27.5 Å². The number of pyridine rings is 1. The first-order chi connectivity index (χ1) is 7.16. The minimum atomic E-state index is 0.521. The molecule has 0 saturated carbocycles. The zero-order valence-electron chi connectivity index (χ0n) is 8.17. The zero-order chi connectivity index (χ0) is 10.8. The fraction of sp³-hybridized carbons (Fsp3) is 0.0833. The van der Waals surface area contributed by atoms with Crippen LogP contribution in [0.15, 0.2) is 41.0 Å². The van der Waals surface area contributed by atoms with E-state index in [1.54, 1.807) is 12.3 Å². The summed E-state index contributed by atoms with van der Waals surface area (Å²) >= 11 is 9.21. The number of hydrogen-bond donors (Lipinski definition) is 0. The van der Waals surface area contributed by atoms with E-state index in [-0.39, 0.29) is 0 Å². The topological polar surface area (TPSA) is 12.9 Å². The lowest BCUT2D eigenvalue weighted by Gasteiger charge is -2.04. The van der Waals surface area contributed by atoms with Crippen molar-refractivity contribution in [2.24, 2.45) is 0 Å². The summed E-state index contributed by atoms with van der Waals surface area (Å²) in [6.07, 6.45) is 1.78. The Kier molecular flexibility index (Phi) is 3.08. The molecule has 76 valence electrons. The number of aryl methyl sites for hydroxylation is 1. The SMILES string of the molecule is Cc1cc(-c2ccc(Cl)nc2)ccc1Br. The fourth-order valence-corrected chi connectivity index (χ4v) is 1.73. The van der Waals surface area contributed by atoms with Gasteiger partial charge in [-0.25, -0.2) is 4.98 Å². The Morgan fingerprint density at radius 2 is 1.87 bits per heavy atom. The number of benzene rings is 1. The maximum atomic E-state index is 5.74. The summed E-state index contributed by atoms with van der Waals surface area (Å²) in [6, 6.07) is 9.99. The van der Waals surface area contributed by atoms with Crippen LogP contribution in [0.5, 0.6) is 0 Å². The Morgan fingerprint density at radius 1 is 1.13 bits per heavy atom. The highest BCUT2D eigenvalue weighted by molar-refractivity contribution is 9.10. The van der Waals surface area contributed by atoms with E-state index in [2.05, 4.69) is 40.0 Å². The molecule has 0 aliphatic rings. The van der Waals surface area contributed by atoms with E-state index < -0.39 is 0 Å². The Hall–Kier alpha value is -0.860. The van der Waals surface area contributed by atoms with Crippen molar-refractivity contribution < 1.29 is 0 Å². The van der Waals surface area contributed by atoms with Crippen molar-refractivity contribution in [1.29, 1.82) is 0 Å². The summed E-state index contributed by atoms with van der Waals surface area (Å²) in [6.45, 7) is 2.07. The van der Waals surface area contributed by atoms with Crippen molar-refractivity contribution in [2.45, 2.75) is 6.92 Å². The van der Waals surface area contributed by atoms with Crippen LogP contribution in [0.25, 0.3) is 11.1 Å². The molecule has 0 saturated heterocycles. The Morgan fingerprint density at radius 3 is 2.47 bits per heavy atom. The quantitative estimate of drug-likeness (QED) is 0.703. The first-order valence-corrected chi connectivity index (χ1v) is 5.72. The van der Waals surface area contributed by atoms with Crippen LogP contribution in [0.3, 0.4) is 0 Å². The van der Waals surface area contributed by atoms with E-state index in [9.17, 15) is 0 Å². The lowest BCUT2D eigenvalue weighted by molar-refractivity contribution is 1.32. The third-order valence-corrected chi connectivity index (χ3v) is 3.33. The third kappa shape index (κ3) is 2.39. The standard InChI is InChI=1S/C12H9BrClN/c1-8-6-9(2-4-11(8)13)10-3-5-12(14)15-7-10/h2-7H,1H3. The molecule has 2 aromatic rings. The van der Waals surface area contributed by atoms with Gasteiger partial charge in [-0.3, -0.25) is 0 Å². The van der Waals surface area contributed by atoms with Crippen LogP contribution < -0.4 is 0 Å². The smallest absolute Gasteiger partial charge is 0.129 e. The average Bonchev–Trinajstić information content (AvgIpc) is 2.23. The van der Waals surface area contributed by atoms with Gasteiger partial charge in [0.25, 0.3) is 0 Å². The van der Waals surface area contributed by atoms with Gasteiger partial charge in [-0.05, 0) is 36.2 Å². The van der Waals surface area contributed by atoms with Crippen molar-refractivity contribution in [2.75, 3.05) is 0 Å². The molecule has 1 nitrogen and oxygen atoms in total. The molecule has 0 atom stereocenters. The van der Waals surface area contributed by atoms with Gasteiger partial charge in [0.05, 0.1) is 0 Å². The van der Waals surface area contributed by atoms with Gasteiger partial charge >= 0.3 is 0 Å². The minimum absolute atomic E-state index is 0.521. The maximum Gasteiger partial charge on any atom is 0.129 e. The molecule has 0 radical (unpaired) electrons. The summed E-state index contributed by atoms with van der Waals surface area (Å²) < 4.78 is 1.12. The van der Waals surface area contributed by atoms with Crippen LogP contribution in [0.2, 0.25) is 5.15 Å². The van der Waals surface area contributed by atoms with Crippen LogP contribution >= 0.6 is 27.5 Å². The highest BCUT2D eigenvalue weighted by atomic mass is 79.9. The predicted octanol–water partition coefficient (Wildman–Crippen LogP) is 4.47. The second-order valence-electron chi connectivity index (χ2n) is 3.33. The van der Waals surface area contributed by atoms with Gasteiger partial charge in [0.1, 0.15) is 5.15 Å². The number of hydrogen-bond acceptors (Lipinski definition) is 1. The molecule has 15 heavy (non-hydrogen) atoms. The minimum Gasteiger partial charge on any atom is -0.244 e. The van der Waals surface area contributed by atoms with E-state index in [1.807, 2.05) is 12.1 Å². The first kappa shape index (κ1) is 10.7. The molecule has 0 aliphatic carbocycles. The molecule has 0 unspecified atom stereocenters. The van der Waals surface area contributed by atoms with Gasteiger partial charge in [-0.15, -0.1) is 0 Å². The van der Waals surface area contributed by atoms with E-state index >= 15 is 0 Å². The molecule has 0 amide bonds. The summed E-state index contributed by atoms with van der Waals surface area (Å²) in [5.41, 5.74) is 3.44. The van der Waals surface area contributed by atoms with Crippen molar-refractivity contribution in [3.8, 4) is 11.1 Å². The molecule has 0 spiro atoms. The van der Waals surface area contributed by atoms with E-state index in [0.29, 0.717) is 5.15 Å². The Balaban J connectivity index is 2.45. The lowest BCUT2D eigenvalue weighted by atomic mass is 10.1. The molecule has 0 fully saturated rings. The van der Waals surface area contributed by atoms with Gasteiger partial charge in [0.15, 0.2) is 0 Å². The first-order valence-electron chi connectivity index (χ1n) is 4.55. The van der Waals surface area contributed by atoms with Crippen molar-refractivity contribution in [3.63, 3.8) is 0 Å². The average molecular weight is 283 g/mol. The number of rotatable bonds is 1. The number of nitrogens with zero attached hydrogens (tertiary/aromatic N) is 1. The summed E-state index contributed by atoms with van der Waals surface area (Å²) in [5, 5.41) is 0.521. The van der Waals surface area contributed by atoms with Crippen molar-refractivity contribution in [1.82, 2.24) is 4.98 Å². The molecule has 2 rings (SSSR count). The van der Waals surface area contributed by atoms with Crippen LogP contribution in [0, 0.1) is 6.92 Å². The monoisotopic (exact) mass is 281 g/mol. The molecule has 1 aromatic heterocycles. The Labute approximate surface area is 102 Å². The van der Waals surface area contributed by atoms with Gasteiger partial charge in [0, 0.05) is 16.2 Å². The predicted molar refractivity (Wildman–Crippen MR) is 67.1 cm³/mol. The second-order valence-corrected chi connectivity index (χ2v) is 4.58. The molecule has 1 heterocycles. The summed E-state index contributed by atoms with van der Waals surface area (Å²) in [4.78, 5) is 4.06. The maximum absolute atomic E-state index is 5.74. The lowest BCUT2D eigenvalue weighted by Crippen LogP contribution is -1.82. The van der Waals surface area contributed by atoms with Crippen LogP contribution in [0.1, 0.15) is 5.56 Å². The van der Waals surface area contributed by atoms with Gasteiger partial charge in [-0.2, -0.15) is 0 Å². The number of aromatic nitrogens is 1. The van der Waals surface area contributed by atoms with E-state index in [0.717, 1.165) is 15.6 Å². The summed E-state index contributed by atoms with van der Waals surface area (Å²) in [7, 11) is 0. The molecule has 0 aliphatic heterocycles. The second kappa shape index (κ2) is 4.33. The highest BCUT2D eigenvalue weighted by Crippen LogP contribution is 2.24. The van der Waals surface area contributed by atoms with Gasteiger partial charge in [0.2, 0.25) is 0 Å². The third-order valence-electron chi connectivity index (χ3n) is 2.22. The largest absolute Gasteiger partial charge is 0.244 e. The van der Waals surface area contributed by atoms with Crippen LogP contribution in [-0.2, 0) is 0 Å².